The maximum absolute atomic E-state index is 13.7. The van der Waals surface area contributed by atoms with Gasteiger partial charge < -0.3 is 15.1 Å². The molecule has 0 atom stereocenters. The number of piperidine rings is 2. The first-order valence-corrected chi connectivity index (χ1v) is 10.5. The van der Waals surface area contributed by atoms with Gasteiger partial charge in [-0.15, -0.1) is 0 Å². The molecule has 0 unspecified atom stereocenters. The van der Waals surface area contributed by atoms with Crippen molar-refractivity contribution in [3.8, 4) is 0 Å². The Bertz CT molecular complexity index is 831. The maximum atomic E-state index is 13.7. The smallest absolute Gasteiger partial charge is 0.223 e. The number of hydrogen-bond donors (Lipinski definition) is 1. The number of nitrogens with one attached hydrogen (secondary N) is 1. The monoisotopic (exact) mass is 397 g/mol. The maximum Gasteiger partial charge on any atom is 0.223 e. The van der Waals surface area contributed by atoms with Crippen LogP contribution in [-0.4, -0.2) is 42.1 Å². The lowest BCUT2D eigenvalue weighted by Gasteiger charge is -2.33. The van der Waals surface area contributed by atoms with E-state index in [2.05, 4.69) is 31.2 Å². The number of halogens is 1. The van der Waals surface area contributed by atoms with Crippen LogP contribution >= 0.6 is 0 Å². The fraction of sp³-hybridized carbons (Fsp3) is 0.500. The third kappa shape index (κ3) is 4.83. The van der Waals surface area contributed by atoms with Gasteiger partial charge in [-0.2, -0.15) is 0 Å². The van der Waals surface area contributed by atoms with Gasteiger partial charge in [0.15, 0.2) is 0 Å². The van der Waals surface area contributed by atoms with Gasteiger partial charge in [-0.1, -0.05) is 18.2 Å². The van der Waals surface area contributed by atoms with Crippen molar-refractivity contribution in [2.45, 2.75) is 38.6 Å². The van der Waals surface area contributed by atoms with E-state index in [0.29, 0.717) is 5.56 Å². The van der Waals surface area contributed by atoms with Crippen LogP contribution in [0.3, 0.4) is 0 Å². The Morgan fingerprint density at radius 2 is 1.66 bits per heavy atom. The molecule has 4 rings (SSSR count). The number of anilines is 2. The van der Waals surface area contributed by atoms with E-state index in [-0.39, 0.29) is 24.2 Å². The first-order valence-electron chi connectivity index (χ1n) is 10.5. The summed E-state index contributed by atoms with van der Waals surface area (Å²) in [5.74, 6) is 1.62. The zero-order chi connectivity index (χ0) is 20.1. The van der Waals surface area contributed by atoms with Gasteiger partial charge in [-0.25, -0.2) is 14.4 Å². The molecule has 0 radical (unpaired) electrons. The van der Waals surface area contributed by atoms with Crippen molar-refractivity contribution >= 4 is 17.5 Å². The fourth-order valence-corrected chi connectivity index (χ4v) is 4.15. The average molecular weight is 397 g/mol. The minimum absolute atomic E-state index is 0.00426. The Balaban J connectivity index is 1.30. The number of nitrogens with zero attached hydrogens (tertiary/aromatic N) is 4. The molecule has 0 aliphatic carbocycles. The SMILES string of the molecule is O=C(NCc1ccccc1F)C1CCN(c2cc(N3CCCCC3)ncn2)CC1. The predicted molar refractivity (Wildman–Crippen MR) is 111 cm³/mol. The number of benzene rings is 1. The molecular weight excluding hydrogens is 369 g/mol. The molecule has 2 aliphatic rings. The topological polar surface area (TPSA) is 61.4 Å². The van der Waals surface area contributed by atoms with Crippen LogP contribution in [0.4, 0.5) is 16.0 Å². The lowest BCUT2D eigenvalue weighted by Crippen LogP contribution is -2.41. The second kappa shape index (κ2) is 9.20. The lowest BCUT2D eigenvalue weighted by atomic mass is 9.96. The summed E-state index contributed by atoms with van der Waals surface area (Å²) in [6, 6.07) is 8.63. The van der Waals surface area contributed by atoms with Crippen LogP contribution in [0.2, 0.25) is 0 Å². The fourth-order valence-electron chi connectivity index (χ4n) is 4.15. The van der Waals surface area contributed by atoms with Gasteiger partial charge in [0.2, 0.25) is 5.91 Å². The van der Waals surface area contributed by atoms with Crippen molar-refractivity contribution in [2.24, 2.45) is 5.92 Å². The van der Waals surface area contributed by atoms with Gasteiger partial charge in [-0.05, 0) is 38.2 Å². The molecule has 2 aliphatic heterocycles. The molecule has 0 bridgehead atoms. The molecule has 1 N–H and O–H groups in total. The second-order valence-corrected chi connectivity index (χ2v) is 7.85. The number of carbonyl (C=O) groups is 1. The molecule has 2 saturated heterocycles. The molecule has 7 heteroatoms. The molecule has 2 fully saturated rings. The van der Waals surface area contributed by atoms with Crippen LogP contribution in [-0.2, 0) is 11.3 Å². The summed E-state index contributed by atoms with van der Waals surface area (Å²) < 4.78 is 13.7. The molecule has 2 aromatic rings. The third-order valence-corrected chi connectivity index (χ3v) is 5.92. The first kappa shape index (κ1) is 19.6. The molecule has 29 heavy (non-hydrogen) atoms. The van der Waals surface area contributed by atoms with Gasteiger partial charge in [-0.3, -0.25) is 4.79 Å². The summed E-state index contributed by atoms with van der Waals surface area (Å²) in [4.78, 5) is 26.0. The summed E-state index contributed by atoms with van der Waals surface area (Å²) in [6.45, 7) is 3.92. The number of hydrogen-bond acceptors (Lipinski definition) is 5. The van der Waals surface area contributed by atoms with Crippen molar-refractivity contribution < 1.29 is 9.18 Å². The van der Waals surface area contributed by atoms with E-state index in [4.69, 9.17) is 0 Å². The highest BCUT2D eigenvalue weighted by atomic mass is 19.1. The van der Waals surface area contributed by atoms with Gasteiger partial charge in [0, 0.05) is 50.3 Å². The van der Waals surface area contributed by atoms with Crippen LogP contribution in [0.1, 0.15) is 37.7 Å². The van der Waals surface area contributed by atoms with Gasteiger partial charge in [0.25, 0.3) is 0 Å². The van der Waals surface area contributed by atoms with E-state index in [0.717, 1.165) is 50.7 Å². The Labute approximate surface area is 171 Å². The highest BCUT2D eigenvalue weighted by molar-refractivity contribution is 5.79. The molecule has 1 aromatic heterocycles. The van der Waals surface area contributed by atoms with Crippen molar-refractivity contribution in [1.82, 2.24) is 15.3 Å². The van der Waals surface area contributed by atoms with Crippen LogP contribution in [0, 0.1) is 11.7 Å². The van der Waals surface area contributed by atoms with Crippen molar-refractivity contribution in [3.05, 3.63) is 48.0 Å². The molecular formula is C22H28FN5O. The van der Waals surface area contributed by atoms with Crippen LogP contribution in [0.25, 0.3) is 0 Å². The number of amides is 1. The number of carbonyl (C=O) groups excluding carboxylic acids is 1. The van der Waals surface area contributed by atoms with E-state index < -0.39 is 0 Å². The quantitative estimate of drug-likeness (QED) is 0.840. The number of aromatic nitrogens is 2. The summed E-state index contributed by atoms with van der Waals surface area (Å²) in [5, 5.41) is 2.89. The average Bonchev–Trinajstić information content (AvgIpc) is 2.79. The van der Waals surface area contributed by atoms with E-state index in [1.54, 1.807) is 24.5 Å². The Kier molecular flexibility index (Phi) is 6.22. The van der Waals surface area contributed by atoms with Crippen LogP contribution in [0.15, 0.2) is 36.7 Å². The summed E-state index contributed by atoms with van der Waals surface area (Å²) in [6.07, 6.45) is 6.91. The van der Waals surface area contributed by atoms with Crippen LogP contribution < -0.4 is 15.1 Å². The summed E-state index contributed by atoms with van der Waals surface area (Å²) >= 11 is 0. The largest absolute Gasteiger partial charge is 0.356 e. The highest BCUT2D eigenvalue weighted by Crippen LogP contribution is 2.25. The Morgan fingerprint density at radius 3 is 2.34 bits per heavy atom. The van der Waals surface area contributed by atoms with E-state index in [1.165, 1.54) is 25.3 Å². The second-order valence-electron chi connectivity index (χ2n) is 7.85. The van der Waals surface area contributed by atoms with Gasteiger partial charge in [0.1, 0.15) is 23.8 Å². The lowest BCUT2D eigenvalue weighted by molar-refractivity contribution is -0.125. The highest BCUT2D eigenvalue weighted by Gasteiger charge is 2.26. The molecule has 1 amide bonds. The van der Waals surface area contributed by atoms with E-state index in [9.17, 15) is 9.18 Å². The van der Waals surface area contributed by atoms with Crippen molar-refractivity contribution in [2.75, 3.05) is 36.0 Å². The Morgan fingerprint density at radius 1 is 1.00 bits per heavy atom. The molecule has 0 saturated carbocycles. The predicted octanol–water partition coefficient (Wildman–Crippen LogP) is 3.14. The molecule has 0 spiro atoms. The summed E-state index contributed by atoms with van der Waals surface area (Å²) in [7, 11) is 0. The van der Waals surface area contributed by atoms with Gasteiger partial charge >= 0.3 is 0 Å². The zero-order valence-electron chi connectivity index (χ0n) is 16.7. The zero-order valence-corrected chi connectivity index (χ0v) is 16.7. The molecule has 154 valence electrons. The van der Waals surface area contributed by atoms with E-state index in [1.807, 2.05) is 0 Å². The van der Waals surface area contributed by atoms with Crippen molar-refractivity contribution in [1.29, 1.82) is 0 Å². The number of rotatable bonds is 5. The third-order valence-electron chi connectivity index (χ3n) is 5.92. The summed E-state index contributed by atoms with van der Waals surface area (Å²) in [5.41, 5.74) is 0.518. The first-order chi connectivity index (χ1) is 14.2. The van der Waals surface area contributed by atoms with Gasteiger partial charge in [0.05, 0.1) is 0 Å². The molecule has 6 nitrogen and oxygen atoms in total. The normalized spacial score (nSPS) is 18.0. The minimum Gasteiger partial charge on any atom is -0.356 e. The van der Waals surface area contributed by atoms with Crippen molar-refractivity contribution in [3.63, 3.8) is 0 Å². The minimum atomic E-state index is -0.282. The molecule has 1 aromatic carbocycles. The Hall–Kier alpha value is -2.70. The molecule has 3 heterocycles. The van der Waals surface area contributed by atoms with E-state index >= 15 is 0 Å². The van der Waals surface area contributed by atoms with Crippen LogP contribution in [0.5, 0.6) is 0 Å². The standard InChI is InChI=1S/C22H28FN5O/c23-19-7-3-2-6-18(19)15-24-22(29)17-8-12-28(13-9-17)21-14-20(25-16-26-21)27-10-4-1-5-11-27/h2-3,6-7,14,16-17H,1,4-5,8-13,15H2,(H,24,29).